The van der Waals surface area contributed by atoms with Crippen molar-refractivity contribution in [2.24, 2.45) is 0 Å². The first-order valence-corrected chi connectivity index (χ1v) is 9.88. The van der Waals surface area contributed by atoms with E-state index in [1.54, 1.807) is 42.1 Å². The van der Waals surface area contributed by atoms with Gasteiger partial charge in [-0.2, -0.15) is 0 Å². The third-order valence-electron chi connectivity index (χ3n) is 3.44. The standard InChI is InChI=1S/C16H18ClNO2S2/c1-4-18(16-7-5-6-15(17)12(16)2)22(19,20)14-10-8-13(21-3)9-11-14/h5-11H,4H2,1-3H3. The molecule has 3 nitrogen and oxygen atoms in total. The van der Waals surface area contributed by atoms with Gasteiger partial charge in [0, 0.05) is 16.5 Å². The highest BCUT2D eigenvalue weighted by molar-refractivity contribution is 7.98. The summed E-state index contributed by atoms with van der Waals surface area (Å²) in [6.07, 6.45) is 1.96. The Labute approximate surface area is 141 Å². The summed E-state index contributed by atoms with van der Waals surface area (Å²) in [5.41, 5.74) is 1.37. The summed E-state index contributed by atoms with van der Waals surface area (Å²) in [7, 11) is -3.60. The molecule has 0 fully saturated rings. The minimum absolute atomic E-state index is 0.284. The maximum Gasteiger partial charge on any atom is 0.264 e. The van der Waals surface area contributed by atoms with Gasteiger partial charge < -0.3 is 0 Å². The van der Waals surface area contributed by atoms with E-state index in [9.17, 15) is 8.42 Å². The zero-order valence-corrected chi connectivity index (χ0v) is 15.1. The van der Waals surface area contributed by atoms with Crippen molar-refractivity contribution in [2.45, 2.75) is 23.6 Å². The molecular weight excluding hydrogens is 338 g/mol. The lowest BCUT2D eigenvalue weighted by Gasteiger charge is -2.25. The van der Waals surface area contributed by atoms with Gasteiger partial charge in [-0.3, -0.25) is 4.31 Å². The van der Waals surface area contributed by atoms with Crippen LogP contribution in [-0.4, -0.2) is 21.2 Å². The van der Waals surface area contributed by atoms with Crippen LogP contribution < -0.4 is 4.31 Å². The molecule has 0 aliphatic rings. The first-order valence-electron chi connectivity index (χ1n) is 6.83. The SMILES string of the molecule is CCN(c1cccc(Cl)c1C)S(=O)(=O)c1ccc(SC)cc1. The minimum Gasteiger partial charge on any atom is -0.266 e. The molecule has 2 aromatic carbocycles. The molecule has 118 valence electrons. The summed E-state index contributed by atoms with van der Waals surface area (Å²) < 4.78 is 27.2. The Bertz CT molecular complexity index is 758. The summed E-state index contributed by atoms with van der Waals surface area (Å²) in [4.78, 5) is 1.31. The molecule has 0 aromatic heterocycles. The van der Waals surface area contributed by atoms with Gasteiger partial charge in [-0.05, 0) is 62.1 Å². The third-order valence-corrected chi connectivity index (χ3v) is 6.50. The van der Waals surface area contributed by atoms with Crippen LogP contribution >= 0.6 is 23.4 Å². The zero-order valence-electron chi connectivity index (χ0n) is 12.7. The van der Waals surface area contributed by atoms with Crippen molar-refractivity contribution < 1.29 is 8.42 Å². The van der Waals surface area contributed by atoms with E-state index in [0.29, 0.717) is 17.3 Å². The second-order valence-electron chi connectivity index (χ2n) is 4.73. The molecule has 0 heterocycles. The summed E-state index contributed by atoms with van der Waals surface area (Å²) in [5, 5.41) is 0.559. The van der Waals surface area contributed by atoms with Crippen LogP contribution in [-0.2, 0) is 10.0 Å². The molecule has 22 heavy (non-hydrogen) atoms. The summed E-state index contributed by atoms with van der Waals surface area (Å²) in [6.45, 7) is 3.98. The topological polar surface area (TPSA) is 37.4 Å². The smallest absolute Gasteiger partial charge is 0.264 e. The number of anilines is 1. The van der Waals surface area contributed by atoms with E-state index in [1.807, 2.05) is 32.2 Å². The number of nitrogens with zero attached hydrogens (tertiary/aromatic N) is 1. The van der Waals surface area contributed by atoms with Gasteiger partial charge >= 0.3 is 0 Å². The molecule has 0 saturated carbocycles. The fraction of sp³-hybridized carbons (Fsp3) is 0.250. The number of benzene rings is 2. The van der Waals surface area contributed by atoms with Crippen LogP contribution in [0.15, 0.2) is 52.3 Å². The third kappa shape index (κ3) is 3.26. The quantitative estimate of drug-likeness (QED) is 0.736. The van der Waals surface area contributed by atoms with Crippen LogP contribution in [0.4, 0.5) is 5.69 Å². The van der Waals surface area contributed by atoms with E-state index < -0.39 is 10.0 Å². The van der Waals surface area contributed by atoms with E-state index in [2.05, 4.69) is 0 Å². The van der Waals surface area contributed by atoms with Gasteiger partial charge in [0.1, 0.15) is 0 Å². The Kier molecular flexibility index (Phi) is 5.42. The highest BCUT2D eigenvalue weighted by Crippen LogP contribution is 2.31. The number of rotatable bonds is 5. The average molecular weight is 356 g/mol. The molecule has 0 aliphatic carbocycles. The fourth-order valence-corrected chi connectivity index (χ4v) is 4.32. The van der Waals surface area contributed by atoms with Gasteiger partial charge in [0.25, 0.3) is 10.0 Å². The second kappa shape index (κ2) is 6.94. The highest BCUT2D eigenvalue weighted by Gasteiger charge is 2.25. The number of sulfonamides is 1. The molecule has 0 bridgehead atoms. The summed E-state index contributed by atoms with van der Waals surface area (Å²) in [6, 6.07) is 12.2. The van der Waals surface area contributed by atoms with E-state index >= 15 is 0 Å². The first-order chi connectivity index (χ1) is 10.4. The predicted molar refractivity (Wildman–Crippen MR) is 94.6 cm³/mol. The Morgan fingerprint density at radius 3 is 2.32 bits per heavy atom. The maximum absolute atomic E-state index is 12.9. The van der Waals surface area contributed by atoms with E-state index in [0.717, 1.165) is 10.5 Å². The molecule has 0 radical (unpaired) electrons. The van der Waals surface area contributed by atoms with Crippen molar-refractivity contribution >= 4 is 39.1 Å². The molecule has 0 N–H and O–H groups in total. The van der Waals surface area contributed by atoms with Crippen LogP contribution in [0.1, 0.15) is 12.5 Å². The summed E-state index contributed by atoms with van der Waals surface area (Å²) in [5.74, 6) is 0. The first kappa shape index (κ1) is 17.2. The van der Waals surface area contributed by atoms with Gasteiger partial charge in [0.15, 0.2) is 0 Å². The molecule has 0 aliphatic heterocycles. The summed E-state index contributed by atoms with van der Waals surface area (Å²) >= 11 is 7.70. The van der Waals surface area contributed by atoms with Crippen LogP contribution in [0.2, 0.25) is 5.02 Å². The van der Waals surface area contributed by atoms with Crippen LogP contribution in [0, 0.1) is 6.92 Å². The normalized spacial score (nSPS) is 11.5. The van der Waals surface area contributed by atoms with Gasteiger partial charge in [-0.15, -0.1) is 11.8 Å². The monoisotopic (exact) mass is 355 g/mol. The molecule has 0 spiro atoms. The number of thioether (sulfide) groups is 1. The van der Waals surface area contributed by atoms with Crippen molar-refractivity contribution in [1.82, 2.24) is 0 Å². The Morgan fingerprint density at radius 2 is 1.77 bits per heavy atom. The molecule has 2 aromatic rings. The number of hydrogen-bond acceptors (Lipinski definition) is 3. The van der Waals surface area contributed by atoms with E-state index in [4.69, 9.17) is 11.6 Å². The molecule has 0 atom stereocenters. The largest absolute Gasteiger partial charge is 0.266 e. The van der Waals surface area contributed by atoms with Crippen molar-refractivity contribution in [2.75, 3.05) is 17.1 Å². The molecule has 0 saturated heterocycles. The highest BCUT2D eigenvalue weighted by atomic mass is 35.5. The van der Waals surface area contributed by atoms with E-state index in [-0.39, 0.29) is 4.90 Å². The number of halogens is 1. The van der Waals surface area contributed by atoms with Crippen molar-refractivity contribution in [3.05, 3.63) is 53.1 Å². The molecule has 0 amide bonds. The Balaban J connectivity index is 2.50. The molecule has 0 unspecified atom stereocenters. The molecule has 6 heteroatoms. The van der Waals surface area contributed by atoms with Crippen LogP contribution in [0.3, 0.4) is 0 Å². The lowest BCUT2D eigenvalue weighted by Crippen LogP contribution is -2.31. The Hall–Kier alpha value is -1.17. The lowest BCUT2D eigenvalue weighted by molar-refractivity contribution is 0.591. The minimum atomic E-state index is -3.60. The number of hydrogen-bond donors (Lipinski definition) is 0. The fourth-order valence-electron chi connectivity index (χ4n) is 2.21. The predicted octanol–water partition coefficient (Wildman–Crippen LogP) is 4.59. The maximum atomic E-state index is 12.9. The van der Waals surface area contributed by atoms with Gasteiger partial charge in [-0.25, -0.2) is 8.42 Å². The van der Waals surface area contributed by atoms with Crippen LogP contribution in [0.5, 0.6) is 0 Å². The lowest BCUT2D eigenvalue weighted by atomic mass is 10.2. The zero-order chi connectivity index (χ0) is 16.3. The average Bonchev–Trinajstić information content (AvgIpc) is 2.52. The molecular formula is C16H18ClNO2S2. The van der Waals surface area contributed by atoms with Crippen molar-refractivity contribution in [1.29, 1.82) is 0 Å². The second-order valence-corrected chi connectivity index (χ2v) is 7.88. The van der Waals surface area contributed by atoms with Crippen molar-refractivity contribution in [3.63, 3.8) is 0 Å². The van der Waals surface area contributed by atoms with Crippen LogP contribution in [0.25, 0.3) is 0 Å². The molecule has 2 rings (SSSR count). The van der Waals surface area contributed by atoms with Gasteiger partial charge in [-0.1, -0.05) is 17.7 Å². The Morgan fingerprint density at radius 1 is 1.14 bits per heavy atom. The van der Waals surface area contributed by atoms with Gasteiger partial charge in [0.05, 0.1) is 10.6 Å². The van der Waals surface area contributed by atoms with E-state index in [1.165, 1.54) is 4.31 Å². The van der Waals surface area contributed by atoms with Gasteiger partial charge in [0.2, 0.25) is 0 Å². The van der Waals surface area contributed by atoms with Crippen molar-refractivity contribution in [3.8, 4) is 0 Å².